The summed E-state index contributed by atoms with van der Waals surface area (Å²) in [5, 5.41) is 0. The molecular formula is C71H118O6. The van der Waals surface area contributed by atoms with E-state index in [2.05, 4.69) is 142 Å². The molecule has 6 nitrogen and oxygen atoms in total. The lowest BCUT2D eigenvalue weighted by Crippen LogP contribution is -2.30. The van der Waals surface area contributed by atoms with Crippen molar-refractivity contribution in [3.8, 4) is 0 Å². The third kappa shape index (κ3) is 62.5. The molecule has 0 saturated heterocycles. The van der Waals surface area contributed by atoms with Gasteiger partial charge in [0.1, 0.15) is 13.2 Å². The first kappa shape index (κ1) is 72.8. The average molecular weight is 1070 g/mol. The van der Waals surface area contributed by atoms with Crippen molar-refractivity contribution in [1.82, 2.24) is 0 Å². The molecule has 0 spiro atoms. The summed E-state index contributed by atoms with van der Waals surface area (Å²) in [6.45, 7) is 6.47. The molecule has 6 heteroatoms. The molecule has 0 radical (unpaired) electrons. The van der Waals surface area contributed by atoms with E-state index in [0.717, 1.165) is 148 Å². The monoisotopic (exact) mass is 1070 g/mol. The lowest BCUT2D eigenvalue weighted by atomic mass is 10.0. The van der Waals surface area contributed by atoms with Gasteiger partial charge in [-0.3, -0.25) is 14.4 Å². The van der Waals surface area contributed by atoms with Crippen LogP contribution in [0.3, 0.4) is 0 Å². The maximum Gasteiger partial charge on any atom is 0.306 e. The summed E-state index contributed by atoms with van der Waals surface area (Å²) >= 11 is 0. The molecule has 0 aliphatic carbocycles. The number of carbonyl (C=O) groups excluding carboxylic acids is 3. The fourth-order valence-electron chi connectivity index (χ4n) is 8.65. The Hall–Kier alpha value is -4.19. The second kappa shape index (κ2) is 64.3. The Morgan fingerprint density at radius 3 is 0.831 bits per heavy atom. The summed E-state index contributed by atoms with van der Waals surface area (Å²) in [6, 6.07) is 0. The molecule has 1 atom stereocenters. The molecule has 0 aliphatic rings. The third-order valence-electron chi connectivity index (χ3n) is 13.5. The van der Waals surface area contributed by atoms with Gasteiger partial charge in [-0.2, -0.15) is 0 Å². The van der Waals surface area contributed by atoms with Gasteiger partial charge in [0.05, 0.1) is 0 Å². The van der Waals surface area contributed by atoms with Crippen LogP contribution in [0.5, 0.6) is 0 Å². The topological polar surface area (TPSA) is 78.9 Å². The van der Waals surface area contributed by atoms with Crippen LogP contribution >= 0.6 is 0 Å². The first-order valence-electron chi connectivity index (χ1n) is 32.0. The van der Waals surface area contributed by atoms with E-state index in [1.54, 1.807) is 0 Å². The van der Waals surface area contributed by atoms with E-state index in [-0.39, 0.29) is 31.1 Å². The molecule has 438 valence electrons. The van der Waals surface area contributed by atoms with Crippen LogP contribution in [0.15, 0.2) is 122 Å². The van der Waals surface area contributed by atoms with Gasteiger partial charge in [-0.1, -0.05) is 284 Å². The van der Waals surface area contributed by atoms with Gasteiger partial charge in [0.15, 0.2) is 6.10 Å². The molecule has 0 aromatic rings. The van der Waals surface area contributed by atoms with Crippen LogP contribution in [0.2, 0.25) is 0 Å². The molecule has 1 unspecified atom stereocenters. The predicted octanol–water partition coefficient (Wildman–Crippen LogP) is 22.0. The van der Waals surface area contributed by atoms with E-state index in [1.165, 1.54) is 103 Å². The van der Waals surface area contributed by atoms with Crippen molar-refractivity contribution >= 4 is 17.9 Å². The highest BCUT2D eigenvalue weighted by Gasteiger charge is 2.19. The number of allylic oxidation sites excluding steroid dienone is 20. The zero-order chi connectivity index (χ0) is 55.7. The van der Waals surface area contributed by atoms with E-state index < -0.39 is 6.10 Å². The highest BCUT2D eigenvalue weighted by atomic mass is 16.6. The molecule has 0 amide bonds. The van der Waals surface area contributed by atoms with Crippen LogP contribution in [-0.2, 0) is 28.6 Å². The van der Waals surface area contributed by atoms with Crippen LogP contribution in [0.4, 0.5) is 0 Å². The van der Waals surface area contributed by atoms with Gasteiger partial charge < -0.3 is 14.2 Å². The number of hydrogen-bond donors (Lipinski definition) is 0. The second-order valence-electron chi connectivity index (χ2n) is 20.9. The van der Waals surface area contributed by atoms with Crippen molar-refractivity contribution < 1.29 is 28.6 Å². The van der Waals surface area contributed by atoms with Gasteiger partial charge in [-0.25, -0.2) is 0 Å². The number of rotatable bonds is 57. The van der Waals surface area contributed by atoms with Crippen molar-refractivity contribution in [1.29, 1.82) is 0 Å². The second-order valence-corrected chi connectivity index (χ2v) is 20.9. The molecule has 77 heavy (non-hydrogen) atoms. The SMILES string of the molecule is CC/C=C\C/C=C\C/C=C\C/C=C\C/C=C\C/C=C\C/C=C\C/C=C\CCCCCCC(=O)OCC(COC(=O)CCCCCCC/C=C\C/C=C\CCCC)OC(=O)CCCCCCCCCCCCCCCCCC. The maximum atomic E-state index is 12.9. The van der Waals surface area contributed by atoms with Crippen molar-refractivity contribution in [2.45, 2.75) is 297 Å². The van der Waals surface area contributed by atoms with Crippen molar-refractivity contribution in [3.05, 3.63) is 122 Å². The Morgan fingerprint density at radius 2 is 0.519 bits per heavy atom. The Labute approximate surface area is 475 Å². The minimum atomic E-state index is -0.797. The van der Waals surface area contributed by atoms with Gasteiger partial charge in [0.25, 0.3) is 0 Å². The fraction of sp³-hybridized carbons (Fsp3) is 0.676. The van der Waals surface area contributed by atoms with Crippen LogP contribution in [-0.4, -0.2) is 37.2 Å². The number of unbranched alkanes of at least 4 members (excludes halogenated alkanes) is 26. The van der Waals surface area contributed by atoms with E-state index >= 15 is 0 Å². The largest absolute Gasteiger partial charge is 0.462 e. The van der Waals surface area contributed by atoms with E-state index in [1.807, 2.05) is 0 Å². The number of ether oxygens (including phenoxy) is 3. The van der Waals surface area contributed by atoms with Gasteiger partial charge in [0.2, 0.25) is 0 Å². The number of esters is 3. The predicted molar refractivity (Wildman–Crippen MR) is 334 cm³/mol. The fourth-order valence-corrected chi connectivity index (χ4v) is 8.65. The molecule has 0 aliphatic heterocycles. The molecule has 0 aromatic carbocycles. The van der Waals surface area contributed by atoms with Crippen molar-refractivity contribution in [2.75, 3.05) is 13.2 Å². The molecule has 0 fully saturated rings. The smallest absolute Gasteiger partial charge is 0.306 e. The highest BCUT2D eigenvalue weighted by Crippen LogP contribution is 2.16. The Balaban J connectivity index is 4.39. The standard InChI is InChI=1S/C71H118O6/c1-4-7-10-13-16-19-22-25-28-30-31-32-33-34-35-36-37-38-39-40-41-42-44-46-49-52-55-58-61-64-70(73)76-67-68(66-75-69(72)63-60-57-54-51-48-45-27-24-21-18-15-12-9-6-3)77-71(74)65-62-59-56-53-50-47-43-29-26-23-20-17-14-11-8-5-2/h7,10,15-16,18-19,24-25,27-28,31-32,34-35,37-38,40-41,44,46,68H,4-6,8-9,11-14,17,20-23,26,29-30,33,36,39,42-43,45,47-67H2,1-3H3/b10-7-,18-15-,19-16-,27-24-,28-25-,32-31-,35-34-,38-37-,41-40-,46-44-. The summed E-state index contributed by atoms with van der Waals surface area (Å²) in [5.41, 5.74) is 0. The average Bonchev–Trinajstić information content (AvgIpc) is 3.43. The molecule has 0 N–H and O–H groups in total. The summed E-state index contributed by atoms with van der Waals surface area (Å²) in [4.78, 5) is 38.3. The summed E-state index contributed by atoms with van der Waals surface area (Å²) in [6.07, 6.45) is 89.1. The van der Waals surface area contributed by atoms with Crippen LogP contribution in [0.1, 0.15) is 290 Å². The molecule has 0 aromatic heterocycles. The summed E-state index contributed by atoms with van der Waals surface area (Å²) in [7, 11) is 0. The zero-order valence-corrected chi connectivity index (χ0v) is 50.2. The minimum absolute atomic E-state index is 0.0935. The summed E-state index contributed by atoms with van der Waals surface area (Å²) in [5.74, 6) is -0.925. The minimum Gasteiger partial charge on any atom is -0.462 e. The van der Waals surface area contributed by atoms with Crippen molar-refractivity contribution in [2.24, 2.45) is 0 Å². The third-order valence-corrected chi connectivity index (χ3v) is 13.5. The lowest BCUT2D eigenvalue weighted by Gasteiger charge is -2.18. The molecule has 0 rings (SSSR count). The lowest BCUT2D eigenvalue weighted by molar-refractivity contribution is -0.167. The van der Waals surface area contributed by atoms with E-state index in [4.69, 9.17) is 14.2 Å². The van der Waals surface area contributed by atoms with E-state index in [0.29, 0.717) is 19.3 Å². The first-order chi connectivity index (χ1) is 38.0. The molecule has 0 bridgehead atoms. The Kier molecular flexibility index (Phi) is 60.8. The maximum absolute atomic E-state index is 12.9. The van der Waals surface area contributed by atoms with Crippen LogP contribution in [0.25, 0.3) is 0 Å². The van der Waals surface area contributed by atoms with Crippen LogP contribution < -0.4 is 0 Å². The molecular weight excluding hydrogens is 949 g/mol. The van der Waals surface area contributed by atoms with Gasteiger partial charge in [-0.05, 0) is 109 Å². The first-order valence-corrected chi connectivity index (χ1v) is 32.0. The van der Waals surface area contributed by atoms with Gasteiger partial charge in [-0.15, -0.1) is 0 Å². The Morgan fingerprint density at radius 1 is 0.273 bits per heavy atom. The van der Waals surface area contributed by atoms with Gasteiger partial charge >= 0.3 is 17.9 Å². The molecule has 0 heterocycles. The zero-order valence-electron chi connectivity index (χ0n) is 50.2. The Bertz CT molecular complexity index is 1600. The number of carbonyl (C=O) groups is 3. The summed E-state index contributed by atoms with van der Waals surface area (Å²) < 4.78 is 16.9. The quantitative estimate of drug-likeness (QED) is 0.0261. The van der Waals surface area contributed by atoms with Gasteiger partial charge in [0, 0.05) is 19.3 Å². The van der Waals surface area contributed by atoms with Crippen LogP contribution in [0, 0.1) is 0 Å². The molecule has 0 saturated carbocycles. The number of hydrogen-bond acceptors (Lipinski definition) is 6. The van der Waals surface area contributed by atoms with Crippen molar-refractivity contribution in [3.63, 3.8) is 0 Å². The normalized spacial score (nSPS) is 12.9. The highest BCUT2D eigenvalue weighted by molar-refractivity contribution is 5.71. The van der Waals surface area contributed by atoms with E-state index in [9.17, 15) is 14.4 Å².